The number of anilines is 2. The van der Waals surface area contributed by atoms with Crippen molar-refractivity contribution in [1.82, 2.24) is 15.0 Å². The third kappa shape index (κ3) is 5.61. The fourth-order valence-electron chi connectivity index (χ4n) is 3.61. The number of aliphatic imine (C=N–C) groups is 1. The van der Waals surface area contributed by atoms with Crippen LogP contribution in [-0.2, 0) is 16.4 Å². The SMILES string of the molecule is C=Nc1ccc(-c2ccnc(NCc3ccc(N4CCS(=O)(=O)CC4)nc3)n2)cc1/C=C\C. The molecule has 0 unspecified atom stereocenters. The molecule has 33 heavy (non-hydrogen) atoms. The van der Waals surface area contributed by atoms with Gasteiger partial charge in [-0.15, -0.1) is 0 Å². The van der Waals surface area contributed by atoms with E-state index in [2.05, 4.69) is 32.0 Å². The molecule has 1 aromatic carbocycles. The lowest BCUT2D eigenvalue weighted by Gasteiger charge is -2.27. The summed E-state index contributed by atoms with van der Waals surface area (Å²) in [6.45, 7) is 7.07. The Bertz CT molecular complexity index is 1260. The number of rotatable bonds is 7. The van der Waals surface area contributed by atoms with Gasteiger partial charge in [0.25, 0.3) is 0 Å². The molecule has 1 aliphatic heterocycles. The predicted molar refractivity (Wildman–Crippen MR) is 134 cm³/mol. The molecular formula is C24H26N6O2S. The van der Waals surface area contributed by atoms with E-state index in [9.17, 15) is 8.42 Å². The molecule has 0 aliphatic carbocycles. The zero-order valence-corrected chi connectivity index (χ0v) is 19.3. The van der Waals surface area contributed by atoms with E-state index in [0.717, 1.165) is 33.9 Å². The van der Waals surface area contributed by atoms with Gasteiger partial charge in [0.1, 0.15) is 5.82 Å². The van der Waals surface area contributed by atoms with Gasteiger partial charge in [-0.1, -0.05) is 24.3 Å². The molecule has 2 aromatic heterocycles. The molecule has 3 heterocycles. The van der Waals surface area contributed by atoms with Crippen molar-refractivity contribution in [3.05, 3.63) is 66.0 Å². The van der Waals surface area contributed by atoms with Crippen molar-refractivity contribution in [3.8, 4) is 11.3 Å². The van der Waals surface area contributed by atoms with Crippen LogP contribution in [0.25, 0.3) is 17.3 Å². The Labute approximate surface area is 194 Å². The van der Waals surface area contributed by atoms with Crippen LogP contribution in [0.2, 0.25) is 0 Å². The molecule has 9 heteroatoms. The fourth-order valence-corrected chi connectivity index (χ4v) is 4.81. The Kier molecular flexibility index (Phi) is 6.79. The summed E-state index contributed by atoms with van der Waals surface area (Å²) in [6, 6.07) is 11.7. The molecule has 1 fully saturated rings. The highest BCUT2D eigenvalue weighted by atomic mass is 32.2. The first kappa shape index (κ1) is 22.6. The van der Waals surface area contributed by atoms with Gasteiger partial charge >= 0.3 is 0 Å². The average Bonchev–Trinajstić information content (AvgIpc) is 2.83. The Morgan fingerprint density at radius 3 is 2.67 bits per heavy atom. The van der Waals surface area contributed by atoms with Gasteiger partial charge in [-0.25, -0.2) is 23.4 Å². The Hall–Kier alpha value is -3.59. The monoisotopic (exact) mass is 462 g/mol. The summed E-state index contributed by atoms with van der Waals surface area (Å²) in [6.07, 6.45) is 7.48. The minimum atomic E-state index is -2.91. The second kappa shape index (κ2) is 9.91. The molecule has 0 amide bonds. The van der Waals surface area contributed by atoms with Crippen LogP contribution in [0, 0.1) is 0 Å². The highest BCUT2D eigenvalue weighted by molar-refractivity contribution is 7.91. The van der Waals surface area contributed by atoms with E-state index in [1.54, 1.807) is 12.4 Å². The van der Waals surface area contributed by atoms with Gasteiger partial charge < -0.3 is 10.2 Å². The topological polar surface area (TPSA) is 100 Å². The van der Waals surface area contributed by atoms with Crippen LogP contribution in [-0.4, -0.2) is 54.7 Å². The van der Waals surface area contributed by atoms with Crippen molar-refractivity contribution in [1.29, 1.82) is 0 Å². The van der Waals surface area contributed by atoms with Crippen LogP contribution >= 0.6 is 0 Å². The summed E-state index contributed by atoms with van der Waals surface area (Å²) in [5, 5.41) is 3.25. The molecular weight excluding hydrogens is 436 g/mol. The molecule has 1 N–H and O–H groups in total. The largest absolute Gasteiger partial charge is 0.355 e. The van der Waals surface area contributed by atoms with Crippen LogP contribution < -0.4 is 10.2 Å². The minimum absolute atomic E-state index is 0.175. The van der Waals surface area contributed by atoms with E-state index in [-0.39, 0.29) is 11.5 Å². The van der Waals surface area contributed by atoms with Crippen molar-refractivity contribution < 1.29 is 8.42 Å². The van der Waals surface area contributed by atoms with Crippen LogP contribution in [0.5, 0.6) is 0 Å². The number of hydrogen-bond donors (Lipinski definition) is 1. The van der Waals surface area contributed by atoms with Gasteiger partial charge in [0.15, 0.2) is 9.84 Å². The van der Waals surface area contributed by atoms with E-state index in [1.165, 1.54) is 0 Å². The lowest BCUT2D eigenvalue weighted by molar-refractivity contribution is 0.586. The number of aromatic nitrogens is 3. The Balaban J connectivity index is 1.42. The van der Waals surface area contributed by atoms with E-state index >= 15 is 0 Å². The lowest BCUT2D eigenvalue weighted by Crippen LogP contribution is -2.40. The third-order valence-electron chi connectivity index (χ3n) is 5.42. The predicted octanol–water partition coefficient (Wildman–Crippen LogP) is 3.75. The highest BCUT2D eigenvalue weighted by Crippen LogP contribution is 2.27. The van der Waals surface area contributed by atoms with E-state index < -0.39 is 9.84 Å². The summed E-state index contributed by atoms with van der Waals surface area (Å²) in [5.74, 6) is 1.67. The van der Waals surface area contributed by atoms with Crippen LogP contribution in [0.4, 0.5) is 17.5 Å². The maximum absolute atomic E-state index is 11.6. The van der Waals surface area contributed by atoms with Crippen LogP contribution in [0.1, 0.15) is 18.1 Å². The zero-order valence-electron chi connectivity index (χ0n) is 18.5. The number of sulfone groups is 1. The molecule has 170 valence electrons. The standard InChI is InChI=1S/C24H26N6O2S/c1-3-4-19-15-20(6-7-21(19)25-2)22-9-10-26-24(29-22)28-17-18-5-8-23(27-16-18)30-11-13-33(31,32)14-12-30/h3-10,15-16H,2,11-14,17H2,1H3,(H,26,28,29)/b4-3-. The summed E-state index contributed by atoms with van der Waals surface area (Å²) in [7, 11) is -2.91. The normalized spacial score (nSPS) is 15.5. The summed E-state index contributed by atoms with van der Waals surface area (Å²) >= 11 is 0. The summed E-state index contributed by atoms with van der Waals surface area (Å²) in [4.78, 5) is 19.5. The number of nitrogens with zero attached hydrogens (tertiary/aromatic N) is 5. The summed E-state index contributed by atoms with van der Waals surface area (Å²) in [5.41, 5.74) is 4.56. The average molecular weight is 463 g/mol. The van der Waals surface area contributed by atoms with E-state index in [1.807, 2.05) is 60.4 Å². The van der Waals surface area contributed by atoms with Gasteiger partial charge in [-0.3, -0.25) is 4.99 Å². The molecule has 4 rings (SSSR count). The molecule has 1 aliphatic rings. The first-order valence-electron chi connectivity index (χ1n) is 10.7. The number of allylic oxidation sites excluding steroid dienone is 1. The number of benzene rings is 1. The molecule has 0 saturated carbocycles. The number of pyridine rings is 1. The quantitative estimate of drug-likeness (QED) is 0.534. The molecule has 8 nitrogen and oxygen atoms in total. The van der Waals surface area contributed by atoms with Gasteiger partial charge in [-0.2, -0.15) is 0 Å². The molecule has 3 aromatic rings. The van der Waals surface area contributed by atoms with Crippen molar-refractivity contribution in [2.24, 2.45) is 4.99 Å². The molecule has 1 saturated heterocycles. The minimum Gasteiger partial charge on any atom is -0.355 e. The van der Waals surface area contributed by atoms with Crippen molar-refractivity contribution >= 4 is 40.1 Å². The molecule has 0 spiro atoms. The van der Waals surface area contributed by atoms with E-state index in [4.69, 9.17) is 0 Å². The maximum atomic E-state index is 11.6. The highest BCUT2D eigenvalue weighted by Gasteiger charge is 2.22. The maximum Gasteiger partial charge on any atom is 0.223 e. The van der Waals surface area contributed by atoms with Crippen LogP contribution in [0.3, 0.4) is 0 Å². The van der Waals surface area contributed by atoms with Gasteiger partial charge in [0, 0.05) is 43.2 Å². The second-order valence-corrected chi connectivity index (χ2v) is 10.0. The van der Waals surface area contributed by atoms with Gasteiger partial charge in [-0.05, 0) is 43.5 Å². The van der Waals surface area contributed by atoms with Crippen molar-refractivity contribution in [3.63, 3.8) is 0 Å². The van der Waals surface area contributed by atoms with Crippen molar-refractivity contribution in [2.45, 2.75) is 13.5 Å². The number of nitrogens with one attached hydrogen (secondary N) is 1. The lowest BCUT2D eigenvalue weighted by atomic mass is 10.1. The molecule has 0 bridgehead atoms. The van der Waals surface area contributed by atoms with E-state index in [0.29, 0.717) is 25.6 Å². The summed E-state index contributed by atoms with van der Waals surface area (Å²) < 4.78 is 23.2. The second-order valence-electron chi connectivity index (χ2n) is 7.71. The van der Waals surface area contributed by atoms with Crippen LogP contribution in [0.15, 0.2) is 59.9 Å². The Morgan fingerprint density at radius 1 is 1.15 bits per heavy atom. The smallest absolute Gasteiger partial charge is 0.223 e. The molecule has 0 radical (unpaired) electrons. The van der Waals surface area contributed by atoms with Gasteiger partial charge in [0.2, 0.25) is 5.95 Å². The van der Waals surface area contributed by atoms with Gasteiger partial charge in [0.05, 0.1) is 22.9 Å². The first-order chi connectivity index (χ1) is 16.0. The zero-order chi connectivity index (χ0) is 23.3. The molecule has 0 atom stereocenters. The fraction of sp³-hybridized carbons (Fsp3) is 0.250. The Morgan fingerprint density at radius 2 is 1.97 bits per heavy atom. The van der Waals surface area contributed by atoms with Crippen molar-refractivity contribution in [2.75, 3.05) is 34.8 Å². The third-order valence-corrected chi connectivity index (χ3v) is 7.03. The first-order valence-corrected chi connectivity index (χ1v) is 12.5. The number of hydrogen-bond acceptors (Lipinski definition) is 8.